The summed E-state index contributed by atoms with van der Waals surface area (Å²) in [5.74, 6) is 1.85. The quantitative estimate of drug-likeness (QED) is 0.416. The Morgan fingerprint density at radius 3 is 2.60 bits per heavy atom. The molecule has 0 amide bonds. The highest BCUT2D eigenvalue weighted by atomic mass is 16.5. The minimum atomic E-state index is 0.316. The van der Waals surface area contributed by atoms with Gasteiger partial charge in [-0.3, -0.25) is 0 Å². The first kappa shape index (κ1) is 18.6. The van der Waals surface area contributed by atoms with E-state index in [1.165, 1.54) is 0 Å². The number of para-hydroxylation sites is 1. The Labute approximate surface area is 149 Å². The summed E-state index contributed by atoms with van der Waals surface area (Å²) >= 11 is 0. The van der Waals surface area contributed by atoms with E-state index in [0.717, 1.165) is 17.7 Å². The second-order valence-electron chi connectivity index (χ2n) is 5.67. The molecule has 0 spiro atoms. The number of pyridine rings is 1. The largest absolute Gasteiger partial charge is 0.490 e. The van der Waals surface area contributed by atoms with Gasteiger partial charge in [0.1, 0.15) is 19.0 Å². The number of guanidine groups is 1. The topological polar surface area (TPSA) is 81.8 Å². The molecule has 0 fully saturated rings. The Morgan fingerprint density at radius 1 is 1.16 bits per heavy atom. The van der Waals surface area contributed by atoms with Gasteiger partial charge >= 0.3 is 0 Å². The van der Waals surface area contributed by atoms with E-state index in [2.05, 4.69) is 29.1 Å². The number of nitrogens with zero attached hydrogens (tertiary/aromatic N) is 2. The number of nitrogens with two attached hydrogens (primary N) is 1. The van der Waals surface area contributed by atoms with Crippen molar-refractivity contribution in [3.05, 3.63) is 54.2 Å². The molecule has 1 aromatic carbocycles. The lowest BCUT2D eigenvalue weighted by Gasteiger charge is -2.11. The number of benzene rings is 1. The van der Waals surface area contributed by atoms with Crippen molar-refractivity contribution in [3.63, 3.8) is 0 Å². The molecule has 2 aromatic rings. The summed E-state index contributed by atoms with van der Waals surface area (Å²) in [5, 5.41) is 3.13. The summed E-state index contributed by atoms with van der Waals surface area (Å²) in [6.07, 6.45) is 2.74. The van der Waals surface area contributed by atoms with Crippen LogP contribution in [-0.2, 0) is 6.54 Å². The van der Waals surface area contributed by atoms with E-state index in [4.69, 9.17) is 15.2 Å². The molecule has 1 atom stereocenters. The summed E-state index contributed by atoms with van der Waals surface area (Å²) in [5.41, 5.74) is 6.81. The standard InChI is InChI=1S/C19H26N4O2/c1-3-15(2)23-19(20)22-14-16-9-10-18(21-13-16)25-12-11-24-17-7-5-4-6-8-17/h4-10,13,15H,3,11-12,14H2,1-2H3,(H3,20,22,23). The average molecular weight is 342 g/mol. The van der Waals surface area contributed by atoms with Crippen molar-refractivity contribution in [1.29, 1.82) is 0 Å². The first-order valence-electron chi connectivity index (χ1n) is 8.49. The lowest BCUT2D eigenvalue weighted by Crippen LogP contribution is -2.38. The molecule has 1 aromatic heterocycles. The number of hydrogen-bond acceptors (Lipinski definition) is 4. The van der Waals surface area contributed by atoms with Gasteiger partial charge in [-0.2, -0.15) is 0 Å². The number of aliphatic imine (C=N–C) groups is 1. The zero-order chi connectivity index (χ0) is 17.9. The van der Waals surface area contributed by atoms with Crippen molar-refractivity contribution in [2.45, 2.75) is 32.9 Å². The van der Waals surface area contributed by atoms with Crippen molar-refractivity contribution in [1.82, 2.24) is 10.3 Å². The van der Waals surface area contributed by atoms with Gasteiger partial charge in [0.25, 0.3) is 0 Å². The van der Waals surface area contributed by atoms with Gasteiger partial charge in [-0.25, -0.2) is 9.98 Å². The molecule has 0 aliphatic heterocycles. The van der Waals surface area contributed by atoms with E-state index in [1.54, 1.807) is 6.20 Å². The molecule has 0 saturated carbocycles. The molecule has 0 aliphatic carbocycles. The van der Waals surface area contributed by atoms with Crippen molar-refractivity contribution in [3.8, 4) is 11.6 Å². The molecular weight excluding hydrogens is 316 g/mol. The summed E-state index contributed by atoms with van der Waals surface area (Å²) in [4.78, 5) is 8.57. The van der Waals surface area contributed by atoms with Crippen LogP contribution in [0.2, 0.25) is 0 Å². The highest BCUT2D eigenvalue weighted by molar-refractivity contribution is 5.78. The Hall–Kier alpha value is -2.76. The fraction of sp³-hybridized carbons (Fsp3) is 0.368. The smallest absolute Gasteiger partial charge is 0.213 e. The van der Waals surface area contributed by atoms with E-state index in [-0.39, 0.29) is 0 Å². The number of aromatic nitrogens is 1. The van der Waals surface area contributed by atoms with Crippen molar-refractivity contribution in [2.75, 3.05) is 13.2 Å². The number of ether oxygens (including phenoxy) is 2. The van der Waals surface area contributed by atoms with Crippen LogP contribution >= 0.6 is 0 Å². The summed E-state index contributed by atoms with van der Waals surface area (Å²) in [7, 11) is 0. The predicted octanol–water partition coefficient (Wildman–Crippen LogP) is 2.74. The molecular formula is C19H26N4O2. The third-order valence-electron chi connectivity index (χ3n) is 3.58. The lowest BCUT2D eigenvalue weighted by atomic mass is 10.3. The second kappa shape index (κ2) is 10.2. The molecule has 134 valence electrons. The fourth-order valence-electron chi connectivity index (χ4n) is 1.99. The van der Waals surface area contributed by atoms with Gasteiger partial charge in [-0.05, 0) is 31.0 Å². The molecule has 25 heavy (non-hydrogen) atoms. The maximum atomic E-state index is 5.84. The minimum absolute atomic E-state index is 0.316. The third-order valence-corrected chi connectivity index (χ3v) is 3.58. The highest BCUT2D eigenvalue weighted by Crippen LogP contribution is 2.10. The van der Waals surface area contributed by atoms with Crippen molar-refractivity contribution >= 4 is 5.96 Å². The Balaban J connectivity index is 1.71. The van der Waals surface area contributed by atoms with Crippen LogP contribution in [-0.4, -0.2) is 30.2 Å². The lowest BCUT2D eigenvalue weighted by molar-refractivity contribution is 0.212. The van der Waals surface area contributed by atoms with Crippen LogP contribution in [0.1, 0.15) is 25.8 Å². The Bertz CT molecular complexity index is 644. The minimum Gasteiger partial charge on any atom is -0.490 e. The van der Waals surface area contributed by atoms with E-state index in [1.807, 2.05) is 42.5 Å². The van der Waals surface area contributed by atoms with Crippen LogP contribution in [0.4, 0.5) is 0 Å². The van der Waals surface area contributed by atoms with E-state index >= 15 is 0 Å². The average Bonchev–Trinajstić information content (AvgIpc) is 2.65. The molecule has 0 radical (unpaired) electrons. The SMILES string of the molecule is CCC(C)NC(N)=NCc1ccc(OCCOc2ccccc2)nc1. The van der Waals surface area contributed by atoms with Crippen molar-refractivity contribution < 1.29 is 9.47 Å². The molecule has 6 nitrogen and oxygen atoms in total. The molecule has 0 bridgehead atoms. The Morgan fingerprint density at radius 2 is 1.92 bits per heavy atom. The van der Waals surface area contributed by atoms with Gasteiger partial charge in [-0.1, -0.05) is 31.2 Å². The van der Waals surface area contributed by atoms with Crippen LogP contribution in [0.15, 0.2) is 53.7 Å². The van der Waals surface area contributed by atoms with E-state index in [9.17, 15) is 0 Å². The summed E-state index contributed by atoms with van der Waals surface area (Å²) in [6.45, 7) is 5.55. The zero-order valence-electron chi connectivity index (χ0n) is 14.8. The molecule has 0 saturated heterocycles. The Kier molecular flexibility index (Phi) is 7.56. The van der Waals surface area contributed by atoms with Crippen molar-refractivity contribution in [2.24, 2.45) is 10.7 Å². The maximum Gasteiger partial charge on any atom is 0.213 e. The number of rotatable bonds is 9. The van der Waals surface area contributed by atoms with Gasteiger partial charge in [0, 0.05) is 18.3 Å². The van der Waals surface area contributed by atoms with Crippen LogP contribution in [0, 0.1) is 0 Å². The third kappa shape index (κ3) is 7.12. The van der Waals surface area contributed by atoms with E-state index < -0.39 is 0 Å². The first-order chi connectivity index (χ1) is 12.2. The van der Waals surface area contributed by atoms with Crippen LogP contribution in [0.3, 0.4) is 0 Å². The van der Waals surface area contributed by atoms with Gasteiger partial charge in [-0.15, -0.1) is 0 Å². The molecule has 1 heterocycles. The fourth-order valence-corrected chi connectivity index (χ4v) is 1.99. The zero-order valence-corrected chi connectivity index (χ0v) is 14.8. The van der Waals surface area contributed by atoms with Crippen LogP contribution in [0.5, 0.6) is 11.6 Å². The summed E-state index contributed by atoms with van der Waals surface area (Å²) < 4.78 is 11.1. The molecule has 0 aliphatic rings. The highest BCUT2D eigenvalue weighted by Gasteiger charge is 2.00. The molecule has 3 N–H and O–H groups in total. The van der Waals surface area contributed by atoms with Crippen LogP contribution in [0.25, 0.3) is 0 Å². The summed E-state index contributed by atoms with van der Waals surface area (Å²) in [6, 6.07) is 13.7. The maximum absolute atomic E-state index is 5.84. The normalized spacial score (nSPS) is 12.5. The van der Waals surface area contributed by atoms with Gasteiger partial charge in [0.15, 0.2) is 5.96 Å². The molecule has 2 rings (SSSR count). The number of hydrogen-bond donors (Lipinski definition) is 2. The number of nitrogens with one attached hydrogen (secondary N) is 1. The van der Waals surface area contributed by atoms with Gasteiger partial charge < -0.3 is 20.5 Å². The second-order valence-corrected chi connectivity index (χ2v) is 5.67. The first-order valence-corrected chi connectivity index (χ1v) is 8.49. The van der Waals surface area contributed by atoms with E-state index in [0.29, 0.717) is 37.6 Å². The van der Waals surface area contributed by atoms with Crippen LogP contribution < -0.4 is 20.5 Å². The van der Waals surface area contributed by atoms with Gasteiger partial charge in [0.05, 0.1) is 6.54 Å². The molecule has 6 heteroatoms. The van der Waals surface area contributed by atoms with Gasteiger partial charge in [0.2, 0.25) is 5.88 Å². The monoisotopic (exact) mass is 342 g/mol. The predicted molar refractivity (Wildman–Crippen MR) is 99.9 cm³/mol. The molecule has 1 unspecified atom stereocenters.